The molecule has 6 nitrogen and oxygen atoms in total. The van der Waals surface area contributed by atoms with Gasteiger partial charge in [-0.1, -0.05) is 11.6 Å². The summed E-state index contributed by atoms with van der Waals surface area (Å²) in [5.41, 5.74) is 0.321. The summed E-state index contributed by atoms with van der Waals surface area (Å²) in [6.07, 6.45) is 0. The van der Waals surface area contributed by atoms with Crippen molar-refractivity contribution in [1.29, 1.82) is 0 Å². The Kier molecular flexibility index (Phi) is 6.11. The molecule has 0 aliphatic rings. The van der Waals surface area contributed by atoms with Crippen molar-refractivity contribution < 1.29 is 17.9 Å². The molecule has 0 atom stereocenters. The van der Waals surface area contributed by atoms with Gasteiger partial charge in [0.1, 0.15) is 10.6 Å². The van der Waals surface area contributed by atoms with Gasteiger partial charge < -0.3 is 10.1 Å². The van der Waals surface area contributed by atoms with Crippen LogP contribution in [-0.4, -0.2) is 27.2 Å². The molecule has 0 unspecified atom stereocenters. The fourth-order valence-corrected chi connectivity index (χ4v) is 3.40. The number of rotatable bonds is 6. The number of ether oxygens (including phenoxy) is 1. The van der Waals surface area contributed by atoms with Crippen LogP contribution in [0.25, 0.3) is 0 Å². The highest BCUT2D eigenvalue weighted by atomic mass is 35.5. The lowest BCUT2D eigenvalue weighted by molar-refractivity contribution is -0.113. The molecule has 0 bridgehead atoms. The van der Waals surface area contributed by atoms with E-state index in [0.717, 1.165) is 4.90 Å². The molecule has 0 saturated heterocycles. The van der Waals surface area contributed by atoms with Crippen LogP contribution in [0.2, 0.25) is 5.02 Å². The smallest absolute Gasteiger partial charge is 0.241 e. The molecule has 9 heteroatoms. The summed E-state index contributed by atoms with van der Waals surface area (Å²) in [7, 11) is -2.62. The Morgan fingerprint density at radius 1 is 1.25 bits per heavy atom. The Morgan fingerprint density at radius 3 is 2.50 bits per heavy atom. The predicted octanol–water partition coefficient (Wildman–Crippen LogP) is 2.73. The minimum atomic E-state index is -3.96. The molecule has 0 heterocycles. The number of primary sulfonamides is 1. The average molecular weight is 387 g/mol. The quantitative estimate of drug-likeness (QED) is 0.744. The van der Waals surface area contributed by atoms with Crippen LogP contribution in [0.3, 0.4) is 0 Å². The molecule has 2 aromatic rings. The molecule has 2 aromatic carbocycles. The summed E-state index contributed by atoms with van der Waals surface area (Å²) in [5, 5.41) is 8.39. The SMILES string of the molecule is COc1ccc(NC(=O)CSc2ccc(Cl)cc2)cc1S(N)(=O)=O. The third-order valence-electron chi connectivity index (χ3n) is 2.94. The number of hydrogen-bond donors (Lipinski definition) is 2. The van der Waals surface area contributed by atoms with Crippen LogP contribution in [0.1, 0.15) is 0 Å². The second-order valence-corrected chi connectivity index (χ2v) is 7.72. The van der Waals surface area contributed by atoms with Crippen LogP contribution >= 0.6 is 23.4 Å². The van der Waals surface area contributed by atoms with Crippen LogP contribution in [0, 0.1) is 0 Å². The lowest BCUT2D eigenvalue weighted by Gasteiger charge is -2.10. The Morgan fingerprint density at radius 2 is 1.92 bits per heavy atom. The van der Waals surface area contributed by atoms with E-state index in [9.17, 15) is 13.2 Å². The van der Waals surface area contributed by atoms with E-state index >= 15 is 0 Å². The average Bonchev–Trinajstić information content (AvgIpc) is 2.53. The van der Waals surface area contributed by atoms with Gasteiger partial charge >= 0.3 is 0 Å². The third kappa shape index (κ3) is 5.13. The van der Waals surface area contributed by atoms with Gasteiger partial charge in [-0.25, -0.2) is 13.6 Å². The van der Waals surface area contributed by atoms with Crippen LogP contribution in [0.4, 0.5) is 5.69 Å². The molecule has 0 fully saturated rings. The van der Waals surface area contributed by atoms with E-state index in [-0.39, 0.29) is 22.3 Å². The summed E-state index contributed by atoms with van der Waals surface area (Å²) >= 11 is 7.14. The molecule has 24 heavy (non-hydrogen) atoms. The van der Waals surface area contributed by atoms with E-state index < -0.39 is 10.0 Å². The van der Waals surface area contributed by atoms with Gasteiger partial charge in [-0.3, -0.25) is 4.79 Å². The van der Waals surface area contributed by atoms with Crippen molar-refractivity contribution in [1.82, 2.24) is 0 Å². The van der Waals surface area contributed by atoms with Gasteiger partial charge in [0.05, 0.1) is 12.9 Å². The zero-order chi connectivity index (χ0) is 17.7. The number of thioether (sulfide) groups is 1. The molecule has 0 spiro atoms. The number of nitrogens with two attached hydrogens (primary N) is 1. The Balaban J connectivity index is 2.05. The fourth-order valence-electron chi connectivity index (χ4n) is 1.85. The zero-order valence-electron chi connectivity index (χ0n) is 12.7. The minimum absolute atomic E-state index is 0.117. The van der Waals surface area contributed by atoms with Gasteiger partial charge in [-0.15, -0.1) is 11.8 Å². The summed E-state index contributed by atoms with van der Waals surface area (Å²) in [4.78, 5) is 12.7. The molecule has 0 aliphatic carbocycles. The first-order valence-corrected chi connectivity index (χ1v) is 9.59. The van der Waals surface area contributed by atoms with Gasteiger partial charge in [0, 0.05) is 15.6 Å². The topological polar surface area (TPSA) is 98.5 Å². The van der Waals surface area contributed by atoms with Crippen molar-refractivity contribution in [2.24, 2.45) is 5.14 Å². The van der Waals surface area contributed by atoms with E-state index in [1.54, 1.807) is 18.2 Å². The van der Waals surface area contributed by atoms with Crippen LogP contribution in [-0.2, 0) is 14.8 Å². The molecule has 0 aromatic heterocycles. The lowest BCUT2D eigenvalue weighted by atomic mass is 10.3. The van der Waals surface area contributed by atoms with E-state index in [4.69, 9.17) is 21.5 Å². The standard InChI is InChI=1S/C15H15ClN2O4S2/c1-22-13-7-4-11(8-14(13)24(17,20)21)18-15(19)9-23-12-5-2-10(16)3-6-12/h2-8H,9H2,1H3,(H,18,19)(H2,17,20,21). The van der Waals surface area contributed by atoms with Crippen molar-refractivity contribution in [2.75, 3.05) is 18.2 Å². The highest BCUT2D eigenvalue weighted by Crippen LogP contribution is 2.26. The van der Waals surface area contributed by atoms with Crippen molar-refractivity contribution in [3.05, 3.63) is 47.5 Å². The van der Waals surface area contributed by atoms with Crippen LogP contribution < -0.4 is 15.2 Å². The normalized spacial score (nSPS) is 11.1. The lowest BCUT2D eigenvalue weighted by Crippen LogP contribution is -2.16. The van der Waals surface area contributed by atoms with Gasteiger partial charge in [0.15, 0.2) is 0 Å². The maximum Gasteiger partial charge on any atom is 0.241 e. The van der Waals surface area contributed by atoms with Crippen LogP contribution in [0.15, 0.2) is 52.3 Å². The van der Waals surface area contributed by atoms with Crippen molar-refractivity contribution in [3.8, 4) is 5.75 Å². The molecule has 0 saturated carbocycles. The number of hydrogen-bond acceptors (Lipinski definition) is 5. The number of nitrogens with one attached hydrogen (secondary N) is 1. The van der Waals surface area contributed by atoms with Gasteiger partial charge in [0.2, 0.25) is 15.9 Å². The van der Waals surface area contributed by atoms with Crippen molar-refractivity contribution in [2.45, 2.75) is 9.79 Å². The maximum absolute atomic E-state index is 12.0. The first-order valence-electron chi connectivity index (χ1n) is 6.68. The zero-order valence-corrected chi connectivity index (χ0v) is 15.0. The summed E-state index contributed by atoms with van der Waals surface area (Å²) in [5.74, 6) is 0.00442. The number of anilines is 1. The number of benzene rings is 2. The second-order valence-electron chi connectivity index (χ2n) is 4.70. The third-order valence-corrected chi connectivity index (χ3v) is 5.13. The minimum Gasteiger partial charge on any atom is -0.495 e. The van der Waals surface area contributed by atoms with Crippen LogP contribution in [0.5, 0.6) is 5.75 Å². The Hall–Kier alpha value is -1.74. The van der Waals surface area contributed by atoms with E-state index in [2.05, 4.69) is 5.32 Å². The number of carbonyl (C=O) groups excluding carboxylic acids is 1. The summed E-state index contributed by atoms with van der Waals surface area (Å²) in [6.45, 7) is 0. The van der Waals surface area contributed by atoms with Gasteiger partial charge in [0.25, 0.3) is 0 Å². The molecule has 0 aliphatic heterocycles. The molecule has 1 amide bonds. The molecule has 128 valence electrons. The first kappa shape index (κ1) is 18.6. The molecular weight excluding hydrogens is 372 g/mol. The second kappa shape index (κ2) is 7.89. The van der Waals surface area contributed by atoms with Crippen molar-refractivity contribution in [3.63, 3.8) is 0 Å². The summed E-state index contributed by atoms with van der Waals surface area (Å²) in [6, 6.07) is 11.3. The number of halogens is 1. The molecule has 3 N–H and O–H groups in total. The molecule has 0 radical (unpaired) electrons. The Bertz CT molecular complexity index is 839. The van der Waals surface area contributed by atoms with E-state index in [1.807, 2.05) is 12.1 Å². The van der Waals surface area contributed by atoms with Gasteiger partial charge in [-0.2, -0.15) is 0 Å². The largest absolute Gasteiger partial charge is 0.495 e. The predicted molar refractivity (Wildman–Crippen MR) is 95.2 cm³/mol. The Labute approximate surface area is 149 Å². The summed E-state index contributed by atoms with van der Waals surface area (Å²) < 4.78 is 28.1. The van der Waals surface area contributed by atoms with Crippen molar-refractivity contribution >= 4 is 45.0 Å². The number of methoxy groups -OCH3 is 1. The number of carbonyl (C=O) groups is 1. The van der Waals surface area contributed by atoms with Gasteiger partial charge in [-0.05, 0) is 42.5 Å². The van der Waals surface area contributed by atoms with E-state index in [0.29, 0.717) is 10.7 Å². The number of sulfonamides is 1. The fraction of sp³-hybridized carbons (Fsp3) is 0.133. The highest BCUT2D eigenvalue weighted by molar-refractivity contribution is 8.00. The monoisotopic (exact) mass is 386 g/mol. The maximum atomic E-state index is 12.0. The first-order chi connectivity index (χ1) is 11.3. The highest BCUT2D eigenvalue weighted by Gasteiger charge is 2.16. The molecule has 2 rings (SSSR count). The molecular formula is C15H15ClN2O4S2. The number of amides is 1. The van der Waals surface area contributed by atoms with E-state index in [1.165, 1.54) is 31.0 Å².